The number of ether oxygens (including phenoxy) is 1. The van der Waals surface area contributed by atoms with Crippen LogP contribution in [0.3, 0.4) is 0 Å². The van der Waals surface area contributed by atoms with Crippen molar-refractivity contribution >= 4 is 28.3 Å². The van der Waals surface area contributed by atoms with Crippen molar-refractivity contribution < 1.29 is 18.7 Å². The van der Waals surface area contributed by atoms with E-state index in [9.17, 15) is 18.8 Å². The van der Waals surface area contributed by atoms with E-state index in [-0.39, 0.29) is 23.6 Å². The summed E-state index contributed by atoms with van der Waals surface area (Å²) < 4.78 is 21.1. The number of aryl methyl sites for hydroxylation is 2. The van der Waals surface area contributed by atoms with Gasteiger partial charge in [0.1, 0.15) is 12.4 Å². The Balaban J connectivity index is 1.62. The molecule has 2 aromatic carbocycles. The van der Waals surface area contributed by atoms with Crippen molar-refractivity contribution in [3.05, 3.63) is 93.4 Å². The molecule has 0 saturated heterocycles. The third-order valence-corrected chi connectivity index (χ3v) is 5.76. The summed E-state index contributed by atoms with van der Waals surface area (Å²) >= 11 is 0. The molecular weight excluding hydrogens is 439 g/mol. The monoisotopic (exact) mass is 462 g/mol. The fourth-order valence-electron chi connectivity index (χ4n) is 3.97. The topological polar surface area (TPSA) is 95.2 Å². The lowest BCUT2D eigenvalue weighted by Gasteiger charge is -2.10. The zero-order valence-corrected chi connectivity index (χ0v) is 19.0. The minimum atomic E-state index is -0.582. The Hall–Kier alpha value is -4.27. The van der Waals surface area contributed by atoms with E-state index in [1.807, 2.05) is 18.4 Å². The predicted molar refractivity (Wildman–Crippen MR) is 125 cm³/mol. The number of nitrogens with zero attached hydrogens (tertiary/aromatic N) is 3. The molecule has 1 N–H and O–H groups in total. The number of halogens is 1. The summed E-state index contributed by atoms with van der Waals surface area (Å²) in [4.78, 5) is 37.8. The molecule has 2 aromatic heterocycles. The van der Waals surface area contributed by atoms with Gasteiger partial charge in [-0.1, -0.05) is 24.3 Å². The van der Waals surface area contributed by atoms with Crippen molar-refractivity contribution in [3.8, 4) is 0 Å². The lowest BCUT2D eigenvalue weighted by Crippen LogP contribution is -2.30. The molecule has 174 valence electrons. The number of nitrogens with one attached hydrogen (secondary N) is 1. The standard InChI is InChI=1S/C25H23FN4O4/c1-15-20-12-27-30(14-22(31)28-21-7-5-4-6-19(21)25(33)34-3)24(32)23(20)16(2)29(15)13-17-8-10-18(26)11-9-17/h4-12H,13-14H2,1-3H3,(H,28,31). The zero-order chi connectivity index (χ0) is 24.4. The minimum Gasteiger partial charge on any atom is -0.465 e. The van der Waals surface area contributed by atoms with Crippen molar-refractivity contribution in [1.82, 2.24) is 14.3 Å². The normalized spacial score (nSPS) is 10.9. The van der Waals surface area contributed by atoms with Crippen LogP contribution in [-0.4, -0.2) is 33.3 Å². The first-order valence-corrected chi connectivity index (χ1v) is 10.6. The highest BCUT2D eigenvalue weighted by Crippen LogP contribution is 2.23. The number of fused-ring (bicyclic) bond motifs is 1. The van der Waals surface area contributed by atoms with E-state index in [1.54, 1.807) is 36.5 Å². The highest BCUT2D eigenvalue weighted by molar-refractivity contribution is 6.01. The second-order valence-electron chi connectivity index (χ2n) is 7.86. The van der Waals surface area contributed by atoms with Crippen LogP contribution in [0.25, 0.3) is 10.8 Å². The number of hydrogen-bond acceptors (Lipinski definition) is 5. The van der Waals surface area contributed by atoms with Crippen molar-refractivity contribution in [1.29, 1.82) is 0 Å². The lowest BCUT2D eigenvalue weighted by molar-refractivity contribution is -0.117. The first-order valence-electron chi connectivity index (χ1n) is 10.6. The Labute approximate surface area is 194 Å². The summed E-state index contributed by atoms with van der Waals surface area (Å²) in [5, 5.41) is 7.99. The Bertz CT molecular complexity index is 1450. The maximum absolute atomic E-state index is 13.3. The fraction of sp³-hybridized carbons (Fsp3) is 0.200. The number of esters is 1. The number of carbonyl (C=O) groups is 2. The molecule has 9 heteroatoms. The molecule has 2 heterocycles. The molecule has 0 radical (unpaired) electrons. The number of methoxy groups -OCH3 is 1. The highest BCUT2D eigenvalue weighted by Gasteiger charge is 2.19. The second kappa shape index (κ2) is 9.30. The Morgan fingerprint density at radius 2 is 1.76 bits per heavy atom. The van der Waals surface area contributed by atoms with Gasteiger partial charge >= 0.3 is 5.97 Å². The summed E-state index contributed by atoms with van der Waals surface area (Å²) in [5.74, 6) is -1.40. The molecule has 0 aliphatic heterocycles. The van der Waals surface area contributed by atoms with Crippen LogP contribution >= 0.6 is 0 Å². The first-order chi connectivity index (χ1) is 16.3. The van der Waals surface area contributed by atoms with Crippen LogP contribution in [0.4, 0.5) is 10.1 Å². The Morgan fingerprint density at radius 1 is 1.06 bits per heavy atom. The number of para-hydroxylation sites is 1. The number of carbonyl (C=O) groups excluding carboxylic acids is 2. The summed E-state index contributed by atoms with van der Waals surface area (Å²) in [7, 11) is 1.26. The van der Waals surface area contributed by atoms with E-state index in [0.717, 1.165) is 21.6 Å². The zero-order valence-electron chi connectivity index (χ0n) is 19.0. The van der Waals surface area contributed by atoms with Crippen LogP contribution in [0.1, 0.15) is 27.3 Å². The lowest BCUT2D eigenvalue weighted by atomic mass is 10.2. The maximum atomic E-state index is 13.3. The highest BCUT2D eigenvalue weighted by atomic mass is 19.1. The molecule has 34 heavy (non-hydrogen) atoms. The van der Waals surface area contributed by atoms with Gasteiger partial charge in [-0.3, -0.25) is 9.59 Å². The molecule has 0 aliphatic carbocycles. The van der Waals surface area contributed by atoms with Crippen LogP contribution in [0, 0.1) is 19.7 Å². The number of amides is 1. The van der Waals surface area contributed by atoms with Crippen molar-refractivity contribution in [2.45, 2.75) is 26.9 Å². The molecule has 1 amide bonds. The van der Waals surface area contributed by atoms with E-state index in [1.165, 1.54) is 25.3 Å². The fourth-order valence-corrected chi connectivity index (χ4v) is 3.97. The summed E-state index contributed by atoms with van der Waals surface area (Å²) in [5.41, 5.74) is 2.57. The smallest absolute Gasteiger partial charge is 0.339 e. The molecule has 0 fully saturated rings. The number of benzene rings is 2. The van der Waals surface area contributed by atoms with E-state index >= 15 is 0 Å². The van der Waals surface area contributed by atoms with Gasteiger partial charge in [-0.05, 0) is 43.7 Å². The minimum absolute atomic E-state index is 0.207. The Kier molecular flexibility index (Phi) is 6.27. The van der Waals surface area contributed by atoms with Crippen LogP contribution in [-0.2, 0) is 22.6 Å². The molecule has 0 spiro atoms. The van der Waals surface area contributed by atoms with E-state index in [0.29, 0.717) is 17.3 Å². The van der Waals surface area contributed by atoms with Gasteiger partial charge in [0, 0.05) is 23.3 Å². The average Bonchev–Trinajstić information content (AvgIpc) is 3.07. The number of rotatable bonds is 6. The number of hydrogen-bond donors (Lipinski definition) is 1. The Morgan fingerprint density at radius 3 is 2.47 bits per heavy atom. The molecule has 0 atom stereocenters. The van der Waals surface area contributed by atoms with Gasteiger partial charge in [-0.25, -0.2) is 13.9 Å². The molecular formula is C25H23FN4O4. The van der Waals surface area contributed by atoms with Crippen molar-refractivity contribution in [2.24, 2.45) is 0 Å². The van der Waals surface area contributed by atoms with Crippen molar-refractivity contribution in [3.63, 3.8) is 0 Å². The third-order valence-electron chi connectivity index (χ3n) is 5.76. The van der Waals surface area contributed by atoms with Gasteiger partial charge in [0.05, 0.1) is 29.9 Å². The molecule has 4 rings (SSSR count). The van der Waals surface area contributed by atoms with E-state index in [2.05, 4.69) is 10.4 Å². The van der Waals surface area contributed by atoms with E-state index in [4.69, 9.17) is 4.74 Å². The van der Waals surface area contributed by atoms with E-state index < -0.39 is 17.4 Å². The number of anilines is 1. The van der Waals surface area contributed by atoms with Crippen molar-refractivity contribution in [2.75, 3.05) is 12.4 Å². The second-order valence-corrected chi connectivity index (χ2v) is 7.86. The number of aromatic nitrogens is 3. The van der Waals surface area contributed by atoms with Crippen LogP contribution in [0.15, 0.2) is 59.5 Å². The molecule has 4 aromatic rings. The van der Waals surface area contributed by atoms with Crippen LogP contribution < -0.4 is 10.9 Å². The summed E-state index contributed by atoms with van der Waals surface area (Å²) in [6.45, 7) is 3.86. The summed E-state index contributed by atoms with van der Waals surface area (Å²) in [6, 6.07) is 12.6. The quantitative estimate of drug-likeness (QED) is 0.443. The molecule has 0 aliphatic rings. The summed E-state index contributed by atoms with van der Waals surface area (Å²) in [6.07, 6.45) is 1.57. The van der Waals surface area contributed by atoms with Gasteiger partial charge in [0.25, 0.3) is 5.56 Å². The van der Waals surface area contributed by atoms with Gasteiger partial charge in [0.15, 0.2) is 0 Å². The van der Waals surface area contributed by atoms with Gasteiger partial charge in [-0.2, -0.15) is 5.10 Å². The molecule has 8 nitrogen and oxygen atoms in total. The van der Waals surface area contributed by atoms with Gasteiger partial charge in [-0.15, -0.1) is 0 Å². The van der Waals surface area contributed by atoms with Gasteiger partial charge in [0.2, 0.25) is 5.91 Å². The molecule has 0 saturated carbocycles. The average molecular weight is 462 g/mol. The first kappa shape index (κ1) is 22.9. The van der Waals surface area contributed by atoms with Crippen LogP contribution in [0.2, 0.25) is 0 Å². The van der Waals surface area contributed by atoms with Gasteiger partial charge < -0.3 is 14.6 Å². The maximum Gasteiger partial charge on any atom is 0.339 e. The predicted octanol–water partition coefficient (Wildman–Crippen LogP) is 3.43. The van der Waals surface area contributed by atoms with Crippen LogP contribution in [0.5, 0.6) is 0 Å². The molecule has 0 bridgehead atoms. The SMILES string of the molecule is COC(=O)c1ccccc1NC(=O)Cn1ncc2c(C)n(Cc3ccc(F)cc3)c(C)c2c1=O. The third kappa shape index (κ3) is 4.32. The largest absolute Gasteiger partial charge is 0.465 e. The molecule has 0 unspecified atom stereocenters.